The molecule has 5 nitrogen and oxygen atoms in total. The summed E-state index contributed by atoms with van der Waals surface area (Å²) >= 11 is 0. The van der Waals surface area contributed by atoms with Gasteiger partial charge in [-0.2, -0.15) is 5.10 Å². The maximum atomic E-state index is 4.29. The number of benzene rings is 1. The van der Waals surface area contributed by atoms with Crippen molar-refractivity contribution >= 4 is 29.9 Å². The van der Waals surface area contributed by atoms with Gasteiger partial charge in [0.25, 0.3) is 0 Å². The van der Waals surface area contributed by atoms with E-state index in [1.807, 2.05) is 25.0 Å². The first kappa shape index (κ1) is 20.5. The number of aliphatic imine (C=N–C) groups is 1. The minimum Gasteiger partial charge on any atom is -0.356 e. The van der Waals surface area contributed by atoms with Gasteiger partial charge in [-0.3, -0.25) is 9.67 Å². The Balaban J connectivity index is 0.00000288. The predicted molar refractivity (Wildman–Crippen MR) is 111 cm³/mol. The lowest BCUT2D eigenvalue weighted by Gasteiger charge is -2.13. The standard InChI is InChI=1S/C18H27N5.HI/c1-4-16-9-5-6-10-17(16)13-21-18(19-2)20-11-7-8-15-12-22-23(3)14-15;/h5-6,9-10,12,14H,4,7-8,11,13H2,1-3H3,(H2,19,20,21);1H. The molecule has 0 aliphatic carbocycles. The van der Waals surface area contributed by atoms with Crippen LogP contribution in [0.2, 0.25) is 0 Å². The number of rotatable bonds is 7. The molecule has 0 fully saturated rings. The molecule has 1 heterocycles. The van der Waals surface area contributed by atoms with Crippen LogP contribution in [0.5, 0.6) is 0 Å². The summed E-state index contributed by atoms with van der Waals surface area (Å²) in [5, 5.41) is 10.9. The van der Waals surface area contributed by atoms with Gasteiger partial charge in [0.1, 0.15) is 0 Å². The van der Waals surface area contributed by atoms with Gasteiger partial charge in [-0.05, 0) is 36.0 Å². The number of guanidine groups is 1. The minimum atomic E-state index is 0. The maximum Gasteiger partial charge on any atom is 0.191 e. The lowest BCUT2D eigenvalue weighted by Crippen LogP contribution is -2.37. The number of aromatic nitrogens is 2. The molecule has 0 aliphatic rings. The third-order valence-electron chi connectivity index (χ3n) is 3.86. The van der Waals surface area contributed by atoms with E-state index in [2.05, 4.69) is 58.1 Å². The molecular formula is C18H28IN5. The zero-order valence-electron chi connectivity index (χ0n) is 14.7. The van der Waals surface area contributed by atoms with Gasteiger partial charge in [0.05, 0.1) is 6.20 Å². The summed E-state index contributed by atoms with van der Waals surface area (Å²) in [6.45, 7) is 3.88. The molecule has 2 aromatic rings. The molecule has 2 N–H and O–H groups in total. The normalized spacial score (nSPS) is 11.0. The van der Waals surface area contributed by atoms with Gasteiger partial charge in [0.2, 0.25) is 0 Å². The van der Waals surface area contributed by atoms with Crippen LogP contribution in [-0.2, 0) is 26.4 Å². The Morgan fingerprint density at radius 3 is 2.58 bits per heavy atom. The van der Waals surface area contributed by atoms with Crippen molar-refractivity contribution in [2.75, 3.05) is 13.6 Å². The van der Waals surface area contributed by atoms with E-state index in [1.165, 1.54) is 16.7 Å². The molecule has 6 heteroatoms. The van der Waals surface area contributed by atoms with Crippen molar-refractivity contribution < 1.29 is 0 Å². The van der Waals surface area contributed by atoms with Crippen LogP contribution < -0.4 is 10.6 Å². The van der Waals surface area contributed by atoms with Crippen molar-refractivity contribution in [3.63, 3.8) is 0 Å². The van der Waals surface area contributed by atoms with Gasteiger partial charge in [-0.1, -0.05) is 31.2 Å². The Hall–Kier alpha value is -1.57. The lowest BCUT2D eigenvalue weighted by molar-refractivity contribution is 0.738. The Bertz CT molecular complexity index is 636. The van der Waals surface area contributed by atoms with Gasteiger partial charge in [0.15, 0.2) is 5.96 Å². The molecule has 0 aliphatic heterocycles. The first-order valence-corrected chi connectivity index (χ1v) is 8.21. The quantitative estimate of drug-likeness (QED) is 0.301. The third kappa shape index (κ3) is 6.51. The summed E-state index contributed by atoms with van der Waals surface area (Å²) < 4.78 is 1.84. The monoisotopic (exact) mass is 441 g/mol. The number of hydrogen-bond donors (Lipinski definition) is 2. The molecule has 1 aromatic heterocycles. The number of nitrogens with one attached hydrogen (secondary N) is 2. The molecule has 0 bridgehead atoms. The molecule has 0 saturated carbocycles. The second-order valence-electron chi connectivity index (χ2n) is 5.60. The Morgan fingerprint density at radius 2 is 1.96 bits per heavy atom. The van der Waals surface area contributed by atoms with E-state index >= 15 is 0 Å². The summed E-state index contributed by atoms with van der Waals surface area (Å²) in [7, 11) is 3.75. The molecule has 1 aromatic carbocycles. The van der Waals surface area contributed by atoms with E-state index in [4.69, 9.17) is 0 Å². The second-order valence-corrected chi connectivity index (χ2v) is 5.60. The average Bonchev–Trinajstić information content (AvgIpc) is 3.00. The summed E-state index contributed by atoms with van der Waals surface area (Å²) in [4.78, 5) is 4.29. The van der Waals surface area contributed by atoms with Crippen molar-refractivity contribution in [2.24, 2.45) is 12.0 Å². The molecule has 0 unspecified atom stereocenters. The highest BCUT2D eigenvalue weighted by Crippen LogP contribution is 2.08. The van der Waals surface area contributed by atoms with Gasteiger partial charge in [-0.25, -0.2) is 0 Å². The number of aryl methyl sites for hydroxylation is 3. The Kier molecular flexibility index (Phi) is 9.44. The average molecular weight is 441 g/mol. The topological polar surface area (TPSA) is 54.2 Å². The zero-order valence-corrected chi connectivity index (χ0v) is 17.1. The first-order chi connectivity index (χ1) is 11.2. The van der Waals surface area contributed by atoms with Gasteiger partial charge >= 0.3 is 0 Å². The van der Waals surface area contributed by atoms with Crippen LogP contribution in [0.25, 0.3) is 0 Å². The Morgan fingerprint density at radius 1 is 1.21 bits per heavy atom. The van der Waals surface area contributed by atoms with Gasteiger partial charge in [0, 0.05) is 33.4 Å². The van der Waals surface area contributed by atoms with E-state index in [-0.39, 0.29) is 24.0 Å². The van der Waals surface area contributed by atoms with Crippen LogP contribution in [0.1, 0.15) is 30.0 Å². The summed E-state index contributed by atoms with van der Waals surface area (Å²) in [6, 6.07) is 8.52. The van der Waals surface area contributed by atoms with Gasteiger partial charge < -0.3 is 10.6 Å². The lowest BCUT2D eigenvalue weighted by atomic mass is 10.1. The van der Waals surface area contributed by atoms with Crippen molar-refractivity contribution in [3.8, 4) is 0 Å². The van der Waals surface area contributed by atoms with Crippen LogP contribution in [0, 0.1) is 0 Å². The predicted octanol–water partition coefficient (Wildman–Crippen LogP) is 2.90. The first-order valence-electron chi connectivity index (χ1n) is 8.21. The van der Waals surface area contributed by atoms with Crippen LogP contribution >= 0.6 is 24.0 Å². The number of halogens is 1. The van der Waals surface area contributed by atoms with E-state index in [0.717, 1.165) is 38.3 Å². The SMILES string of the molecule is CCc1ccccc1CNC(=NC)NCCCc1cnn(C)c1.I. The maximum absolute atomic E-state index is 4.29. The minimum absolute atomic E-state index is 0. The van der Waals surface area contributed by atoms with Crippen LogP contribution in [-0.4, -0.2) is 29.3 Å². The fraction of sp³-hybridized carbons (Fsp3) is 0.444. The highest BCUT2D eigenvalue weighted by atomic mass is 127. The van der Waals surface area contributed by atoms with Crippen molar-refractivity contribution in [2.45, 2.75) is 32.7 Å². The second kappa shape index (κ2) is 11.1. The van der Waals surface area contributed by atoms with Crippen LogP contribution in [0.3, 0.4) is 0 Å². The molecule has 132 valence electrons. The molecule has 0 radical (unpaired) electrons. The van der Waals surface area contributed by atoms with Gasteiger partial charge in [-0.15, -0.1) is 24.0 Å². The summed E-state index contributed by atoms with van der Waals surface area (Å²) in [5.74, 6) is 0.849. The molecule has 24 heavy (non-hydrogen) atoms. The molecule has 0 atom stereocenters. The summed E-state index contributed by atoms with van der Waals surface area (Å²) in [5.41, 5.74) is 3.98. The molecule has 0 spiro atoms. The van der Waals surface area contributed by atoms with E-state index in [0.29, 0.717) is 0 Å². The van der Waals surface area contributed by atoms with E-state index < -0.39 is 0 Å². The highest BCUT2D eigenvalue weighted by Gasteiger charge is 2.02. The van der Waals surface area contributed by atoms with E-state index in [9.17, 15) is 0 Å². The van der Waals surface area contributed by atoms with Crippen molar-refractivity contribution in [1.29, 1.82) is 0 Å². The fourth-order valence-electron chi connectivity index (χ4n) is 2.57. The molecule has 0 saturated heterocycles. The fourth-order valence-corrected chi connectivity index (χ4v) is 2.57. The van der Waals surface area contributed by atoms with Crippen LogP contribution in [0.4, 0.5) is 0 Å². The molecular weight excluding hydrogens is 413 g/mol. The summed E-state index contributed by atoms with van der Waals surface area (Å²) in [6.07, 6.45) is 7.12. The zero-order chi connectivity index (χ0) is 16.5. The highest BCUT2D eigenvalue weighted by molar-refractivity contribution is 14.0. The van der Waals surface area contributed by atoms with Crippen LogP contribution in [0.15, 0.2) is 41.7 Å². The Labute approximate surface area is 162 Å². The number of hydrogen-bond acceptors (Lipinski definition) is 2. The van der Waals surface area contributed by atoms with E-state index in [1.54, 1.807) is 0 Å². The largest absolute Gasteiger partial charge is 0.356 e. The van der Waals surface area contributed by atoms with Crippen molar-refractivity contribution in [1.82, 2.24) is 20.4 Å². The smallest absolute Gasteiger partial charge is 0.191 e. The molecule has 0 amide bonds. The number of nitrogens with zero attached hydrogens (tertiary/aromatic N) is 3. The third-order valence-corrected chi connectivity index (χ3v) is 3.86. The molecule has 2 rings (SSSR count). The van der Waals surface area contributed by atoms with Crippen molar-refractivity contribution in [3.05, 3.63) is 53.3 Å².